The summed E-state index contributed by atoms with van der Waals surface area (Å²) in [4.78, 5) is 18.3. The van der Waals surface area contributed by atoms with Crippen molar-refractivity contribution in [3.63, 3.8) is 0 Å². The van der Waals surface area contributed by atoms with Gasteiger partial charge in [-0.2, -0.15) is 5.26 Å². The number of anilines is 1. The van der Waals surface area contributed by atoms with Crippen LogP contribution in [0.25, 0.3) is 11.1 Å². The molecule has 1 amide bonds. The molecule has 4 heterocycles. The van der Waals surface area contributed by atoms with Gasteiger partial charge in [0.2, 0.25) is 0 Å². The molecule has 6 rings (SSSR count). The van der Waals surface area contributed by atoms with E-state index in [4.69, 9.17) is 4.74 Å². The summed E-state index contributed by atoms with van der Waals surface area (Å²) in [5, 5.41) is 20.7. The van der Waals surface area contributed by atoms with Crippen molar-refractivity contribution >= 4 is 11.8 Å². The second kappa shape index (κ2) is 7.35. The van der Waals surface area contributed by atoms with Crippen molar-refractivity contribution in [3.05, 3.63) is 60.4 Å². The van der Waals surface area contributed by atoms with Crippen molar-refractivity contribution < 1.29 is 13.9 Å². The van der Waals surface area contributed by atoms with Gasteiger partial charge in [0.05, 0.1) is 36.7 Å². The monoisotopic (exact) mass is 445 g/mol. The molecule has 1 aliphatic carbocycles. The Bertz CT molecular complexity index is 1240. The number of piperidine rings is 1. The second-order valence-corrected chi connectivity index (χ2v) is 8.69. The van der Waals surface area contributed by atoms with E-state index in [0.717, 1.165) is 18.8 Å². The van der Waals surface area contributed by atoms with Crippen LogP contribution in [0.1, 0.15) is 5.69 Å². The molecule has 2 saturated heterocycles. The second-order valence-electron chi connectivity index (χ2n) is 8.69. The third-order valence-electron chi connectivity index (χ3n) is 6.96. The molecule has 1 aromatic carbocycles. The van der Waals surface area contributed by atoms with Crippen molar-refractivity contribution in [1.29, 1.82) is 5.26 Å². The maximum atomic E-state index is 15.0. The number of hydrogen-bond acceptors (Lipinski definition) is 7. The van der Waals surface area contributed by atoms with E-state index < -0.39 is 23.4 Å². The molecule has 1 N–H and O–H groups in total. The maximum Gasteiger partial charge on any atom is 0.414 e. The first-order chi connectivity index (χ1) is 16.1. The molecule has 33 heavy (non-hydrogen) atoms. The SMILES string of the molecule is N#CC1(c2ccc(-c3ccc(N4C[C@H](Cn5ccnn5)OC4=O)cc3F)cn2)C2CNCC21. The van der Waals surface area contributed by atoms with Gasteiger partial charge < -0.3 is 10.1 Å². The molecule has 3 fully saturated rings. The predicted octanol–water partition coefficient (Wildman–Crippen LogP) is 2.12. The van der Waals surface area contributed by atoms with Crippen LogP contribution in [0.4, 0.5) is 14.9 Å². The number of nitriles is 1. The van der Waals surface area contributed by atoms with Gasteiger partial charge in [0.15, 0.2) is 0 Å². The zero-order chi connectivity index (χ0) is 22.6. The number of carbonyl (C=O) groups is 1. The smallest absolute Gasteiger partial charge is 0.414 e. The average Bonchev–Trinajstić information content (AvgIpc) is 3.35. The number of carbonyl (C=O) groups excluding carboxylic acids is 1. The van der Waals surface area contributed by atoms with Gasteiger partial charge in [-0.3, -0.25) is 9.88 Å². The Morgan fingerprint density at radius 3 is 2.79 bits per heavy atom. The van der Waals surface area contributed by atoms with Gasteiger partial charge in [-0.25, -0.2) is 13.9 Å². The summed E-state index contributed by atoms with van der Waals surface area (Å²) in [5.41, 5.74) is 1.65. The summed E-state index contributed by atoms with van der Waals surface area (Å²) in [6.07, 6.45) is 3.94. The largest absolute Gasteiger partial charge is 0.442 e. The zero-order valence-electron chi connectivity index (χ0n) is 17.6. The van der Waals surface area contributed by atoms with Crippen molar-refractivity contribution in [2.75, 3.05) is 24.5 Å². The van der Waals surface area contributed by atoms with Crippen molar-refractivity contribution in [2.24, 2.45) is 11.8 Å². The van der Waals surface area contributed by atoms with Crippen molar-refractivity contribution in [1.82, 2.24) is 25.3 Å². The van der Waals surface area contributed by atoms with E-state index in [1.54, 1.807) is 41.5 Å². The molecule has 3 aliphatic rings. The molecule has 3 atom stereocenters. The van der Waals surface area contributed by atoms with Gasteiger partial charge >= 0.3 is 6.09 Å². The molecule has 1 saturated carbocycles. The number of halogens is 1. The van der Waals surface area contributed by atoms with Crippen LogP contribution in [0.3, 0.4) is 0 Å². The third-order valence-corrected chi connectivity index (χ3v) is 6.96. The predicted molar refractivity (Wildman–Crippen MR) is 114 cm³/mol. The highest BCUT2D eigenvalue weighted by molar-refractivity contribution is 5.90. The molecule has 2 aromatic heterocycles. The lowest BCUT2D eigenvalue weighted by Crippen LogP contribution is -2.26. The first-order valence-electron chi connectivity index (χ1n) is 10.8. The number of fused-ring (bicyclic) bond motifs is 1. The zero-order valence-corrected chi connectivity index (χ0v) is 17.6. The standard InChI is InChI=1S/C23H20FN7O2/c24-20-7-15(31-12-16(33-22(31)32)11-30-6-5-28-29-30)2-3-17(20)14-1-4-21(27-8-14)23(13-25)18-9-26-10-19(18)23/h1-8,16,18-19,26H,9-12H2/t16-,18?,19?,23?/m0/s1. The minimum absolute atomic E-state index is 0.293. The lowest BCUT2D eigenvalue weighted by Gasteiger charge is -2.15. The highest BCUT2D eigenvalue weighted by Gasteiger charge is 2.69. The fourth-order valence-electron chi connectivity index (χ4n) is 5.21. The number of hydrogen-bond donors (Lipinski definition) is 1. The van der Waals surface area contributed by atoms with Crippen LogP contribution in [-0.4, -0.2) is 51.8 Å². The lowest BCUT2D eigenvalue weighted by molar-refractivity contribution is 0.129. The number of rotatable bonds is 5. The molecule has 9 nitrogen and oxygen atoms in total. The van der Waals surface area contributed by atoms with Crippen LogP contribution < -0.4 is 10.2 Å². The molecule has 0 bridgehead atoms. The molecule has 2 unspecified atom stereocenters. The molecule has 2 aliphatic heterocycles. The summed E-state index contributed by atoms with van der Waals surface area (Å²) in [5.74, 6) is 0.132. The van der Waals surface area contributed by atoms with E-state index in [1.807, 2.05) is 6.07 Å². The molecular formula is C23H20FN7O2. The number of benzene rings is 1. The normalized spacial score (nSPS) is 27.8. The summed E-state index contributed by atoms with van der Waals surface area (Å²) < 4.78 is 22.0. The van der Waals surface area contributed by atoms with Crippen LogP contribution in [0.15, 0.2) is 48.9 Å². The summed E-state index contributed by atoms with van der Waals surface area (Å²) in [7, 11) is 0. The Morgan fingerprint density at radius 2 is 2.12 bits per heavy atom. The van der Waals surface area contributed by atoms with Gasteiger partial charge in [-0.15, -0.1) is 5.10 Å². The minimum atomic E-state index is -0.524. The number of cyclic esters (lactones) is 1. The topological polar surface area (TPSA) is 109 Å². The van der Waals surface area contributed by atoms with Crippen LogP contribution >= 0.6 is 0 Å². The van der Waals surface area contributed by atoms with Gasteiger partial charge in [0.1, 0.15) is 17.3 Å². The Kier molecular flexibility index (Phi) is 4.41. The van der Waals surface area contributed by atoms with E-state index in [2.05, 4.69) is 26.7 Å². The van der Waals surface area contributed by atoms with Crippen LogP contribution in [-0.2, 0) is 16.7 Å². The van der Waals surface area contributed by atoms with E-state index in [-0.39, 0.29) is 0 Å². The van der Waals surface area contributed by atoms with Crippen molar-refractivity contribution in [2.45, 2.75) is 18.1 Å². The van der Waals surface area contributed by atoms with E-state index >= 15 is 4.39 Å². The third kappa shape index (κ3) is 3.08. The number of amides is 1. The number of nitrogens with one attached hydrogen (secondary N) is 1. The molecule has 10 heteroatoms. The minimum Gasteiger partial charge on any atom is -0.442 e. The molecule has 0 spiro atoms. The van der Waals surface area contributed by atoms with Gasteiger partial charge in [0.25, 0.3) is 0 Å². The first-order valence-corrected chi connectivity index (χ1v) is 10.8. The average molecular weight is 445 g/mol. The highest BCUT2D eigenvalue weighted by Crippen LogP contribution is 2.60. The maximum absolute atomic E-state index is 15.0. The van der Waals surface area contributed by atoms with Gasteiger partial charge in [0, 0.05) is 48.4 Å². The van der Waals surface area contributed by atoms with E-state index in [9.17, 15) is 10.1 Å². The van der Waals surface area contributed by atoms with Crippen LogP contribution in [0.2, 0.25) is 0 Å². The number of ether oxygens (including phenoxy) is 1. The lowest BCUT2D eigenvalue weighted by atomic mass is 9.96. The summed E-state index contributed by atoms with van der Waals surface area (Å²) in [6.45, 7) is 2.33. The highest BCUT2D eigenvalue weighted by atomic mass is 19.1. The van der Waals surface area contributed by atoms with Crippen LogP contribution in [0, 0.1) is 29.0 Å². The Morgan fingerprint density at radius 1 is 1.27 bits per heavy atom. The number of aromatic nitrogens is 4. The molecule has 0 radical (unpaired) electrons. The fourth-order valence-corrected chi connectivity index (χ4v) is 5.21. The molecular weight excluding hydrogens is 425 g/mol. The first kappa shape index (κ1) is 19.8. The van der Waals surface area contributed by atoms with Gasteiger partial charge in [-0.1, -0.05) is 11.3 Å². The quantitative estimate of drug-likeness (QED) is 0.641. The van der Waals surface area contributed by atoms with E-state index in [0.29, 0.717) is 41.7 Å². The van der Waals surface area contributed by atoms with Crippen LogP contribution in [0.5, 0.6) is 0 Å². The Hall–Kier alpha value is -3.84. The van der Waals surface area contributed by atoms with Crippen molar-refractivity contribution in [3.8, 4) is 17.2 Å². The van der Waals surface area contributed by atoms with E-state index in [1.165, 1.54) is 11.0 Å². The Labute approximate surface area is 188 Å². The Balaban J connectivity index is 1.20. The number of pyridine rings is 1. The molecule has 166 valence electrons. The number of nitrogens with zero attached hydrogens (tertiary/aromatic N) is 6. The summed E-state index contributed by atoms with van der Waals surface area (Å²) in [6, 6.07) is 10.8. The molecule has 3 aromatic rings. The summed E-state index contributed by atoms with van der Waals surface area (Å²) >= 11 is 0. The fraction of sp³-hybridized carbons (Fsp3) is 0.348. The van der Waals surface area contributed by atoms with Gasteiger partial charge in [-0.05, 0) is 24.3 Å².